The third-order valence-corrected chi connectivity index (χ3v) is 10.7. The summed E-state index contributed by atoms with van der Waals surface area (Å²) in [6, 6.07) is 0. The molecule has 0 radical (unpaired) electrons. The standard InChI is InChI=1S/C38H60O15/c1-11-28(40)52-33-26(44-8)16-21(4)48-37(33)53-31-19(2)12-15-29(41)49-22(5)24(18-47-36-35(46-10)34(45-9)30(42)23(6)50-36)32-25(51-32)13-14-27(39)38(7,43)17-20(31)3/h12-15,19-26,30-37,42-43H,11,16-18H2,1-10H3. The van der Waals surface area contributed by atoms with Crippen molar-refractivity contribution in [3.05, 3.63) is 24.3 Å². The number of carbonyl (C=O) groups excluding carboxylic acids is 3. The first-order valence-electron chi connectivity index (χ1n) is 18.6. The molecule has 0 aromatic rings. The van der Waals surface area contributed by atoms with Gasteiger partial charge in [0, 0.05) is 52.1 Å². The Morgan fingerprint density at radius 2 is 1.58 bits per heavy atom. The van der Waals surface area contributed by atoms with E-state index in [-0.39, 0.29) is 25.6 Å². The maximum Gasteiger partial charge on any atom is 0.330 e. The summed E-state index contributed by atoms with van der Waals surface area (Å²) in [4.78, 5) is 39.2. The number of aliphatic hydroxyl groups is 2. The molecular weight excluding hydrogens is 696 g/mol. The zero-order valence-electron chi connectivity index (χ0n) is 32.6. The van der Waals surface area contributed by atoms with Gasteiger partial charge in [-0.1, -0.05) is 26.8 Å². The number of fused-ring (bicyclic) bond motifs is 1. The first-order valence-corrected chi connectivity index (χ1v) is 18.6. The average Bonchev–Trinajstić information content (AvgIpc) is 3.88. The highest BCUT2D eigenvalue weighted by Gasteiger charge is 2.50. The summed E-state index contributed by atoms with van der Waals surface area (Å²) in [5, 5.41) is 22.0. The second-order valence-electron chi connectivity index (χ2n) is 14.9. The fraction of sp³-hybridized carbons (Fsp3) is 0.816. The van der Waals surface area contributed by atoms with Crippen LogP contribution in [0.3, 0.4) is 0 Å². The summed E-state index contributed by atoms with van der Waals surface area (Å²) in [7, 11) is 4.47. The number of hydrogen-bond donors (Lipinski definition) is 2. The number of cyclic esters (lactones) is 1. The second-order valence-corrected chi connectivity index (χ2v) is 14.9. The van der Waals surface area contributed by atoms with Crippen LogP contribution in [0.2, 0.25) is 0 Å². The highest BCUT2D eigenvalue weighted by Crippen LogP contribution is 2.37. The van der Waals surface area contributed by atoms with E-state index in [0.717, 1.165) is 0 Å². The van der Waals surface area contributed by atoms with E-state index in [1.165, 1.54) is 40.4 Å². The number of aliphatic hydroxyl groups excluding tert-OH is 1. The van der Waals surface area contributed by atoms with E-state index < -0.39 is 115 Å². The summed E-state index contributed by atoms with van der Waals surface area (Å²) in [6.45, 7) is 12.1. The van der Waals surface area contributed by atoms with Gasteiger partial charge in [-0.3, -0.25) is 9.59 Å². The molecule has 0 aromatic heterocycles. The number of ketones is 1. The van der Waals surface area contributed by atoms with Crippen molar-refractivity contribution in [3.63, 3.8) is 0 Å². The van der Waals surface area contributed by atoms with E-state index in [1.54, 1.807) is 32.9 Å². The lowest BCUT2D eigenvalue weighted by Gasteiger charge is -2.42. The van der Waals surface area contributed by atoms with Crippen LogP contribution in [0.1, 0.15) is 67.7 Å². The van der Waals surface area contributed by atoms with Gasteiger partial charge in [0.25, 0.3) is 0 Å². The first-order chi connectivity index (χ1) is 25.0. The van der Waals surface area contributed by atoms with E-state index >= 15 is 0 Å². The van der Waals surface area contributed by atoms with Crippen molar-refractivity contribution in [2.24, 2.45) is 17.8 Å². The van der Waals surface area contributed by atoms with Crippen LogP contribution in [0, 0.1) is 17.8 Å². The van der Waals surface area contributed by atoms with Gasteiger partial charge < -0.3 is 57.6 Å². The van der Waals surface area contributed by atoms with Crippen LogP contribution in [-0.4, -0.2) is 141 Å². The maximum absolute atomic E-state index is 13.5. The molecule has 0 amide bonds. The third kappa shape index (κ3) is 10.9. The average molecular weight is 757 g/mol. The highest BCUT2D eigenvalue weighted by molar-refractivity contribution is 5.96. The van der Waals surface area contributed by atoms with Crippen LogP contribution >= 0.6 is 0 Å². The minimum absolute atomic E-state index is 0.00104. The van der Waals surface area contributed by atoms with Crippen LogP contribution in [0.5, 0.6) is 0 Å². The lowest BCUT2D eigenvalue weighted by atomic mass is 9.82. The van der Waals surface area contributed by atoms with Crippen LogP contribution in [0.4, 0.5) is 0 Å². The Labute approximate surface area is 312 Å². The monoisotopic (exact) mass is 756 g/mol. The molecule has 4 rings (SSSR count). The molecule has 0 aliphatic carbocycles. The molecule has 4 heterocycles. The molecule has 17 unspecified atom stereocenters. The van der Waals surface area contributed by atoms with E-state index in [1.807, 2.05) is 20.8 Å². The summed E-state index contributed by atoms with van der Waals surface area (Å²) < 4.78 is 59.1. The van der Waals surface area contributed by atoms with Crippen molar-refractivity contribution in [2.45, 2.75) is 153 Å². The fourth-order valence-electron chi connectivity index (χ4n) is 7.47. The first kappa shape index (κ1) is 43.4. The molecule has 3 saturated heterocycles. The minimum atomic E-state index is -1.78. The van der Waals surface area contributed by atoms with Crippen LogP contribution in [0.15, 0.2) is 24.3 Å². The van der Waals surface area contributed by atoms with Gasteiger partial charge >= 0.3 is 11.9 Å². The molecule has 302 valence electrons. The van der Waals surface area contributed by atoms with Gasteiger partial charge in [-0.05, 0) is 52.2 Å². The minimum Gasteiger partial charge on any atom is -0.459 e. The van der Waals surface area contributed by atoms with Gasteiger partial charge in [-0.2, -0.15) is 0 Å². The number of methoxy groups -OCH3 is 3. The lowest BCUT2D eigenvalue weighted by Crippen LogP contribution is -2.59. The third-order valence-electron chi connectivity index (χ3n) is 10.7. The number of ether oxygens (including phenoxy) is 10. The van der Waals surface area contributed by atoms with Gasteiger partial charge in [0.05, 0.1) is 31.0 Å². The predicted molar refractivity (Wildman–Crippen MR) is 187 cm³/mol. The van der Waals surface area contributed by atoms with Crippen molar-refractivity contribution >= 4 is 17.7 Å². The zero-order valence-corrected chi connectivity index (χ0v) is 32.6. The smallest absolute Gasteiger partial charge is 0.330 e. The Bertz CT molecular complexity index is 1290. The molecule has 15 heteroatoms. The zero-order chi connectivity index (χ0) is 39.2. The number of rotatable bonds is 10. The number of esters is 2. The summed E-state index contributed by atoms with van der Waals surface area (Å²) >= 11 is 0. The van der Waals surface area contributed by atoms with Gasteiger partial charge in [-0.15, -0.1) is 0 Å². The van der Waals surface area contributed by atoms with Crippen molar-refractivity contribution in [3.8, 4) is 0 Å². The molecule has 4 aliphatic heterocycles. The largest absolute Gasteiger partial charge is 0.459 e. The van der Waals surface area contributed by atoms with Crippen molar-refractivity contribution in [1.82, 2.24) is 0 Å². The number of hydrogen-bond acceptors (Lipinski definition) is 15. The van der Waals surface area contributed by atoms with Crippen molar-refractivity contribution in [1.29, 1.82) is 0 Å². The van der Waals surface area contributed by atoms with E-state index in [4.69, 9.17) is 47.4 Å². The SMILES string of the molecule is CCC(=O)OC1C(OC)CC(C)OC1OC1C(C)C=CC(=O)OC(C)C(COC2OC(C)C(O)C(OC)C2OC)C2OC2C=CC(=O)C(C)(O)CC1C. The Kier molecular flexibility index (Phi) is 15.6. The molecule has 0 aromatic carbocycles. The maximum atomic E-state index is 13.5. The Morgan fingerprint density at radius 1 is 0.887 bits per heavy atom. The summed E-state index contributed by atoms with van der Waals surface area (Å²) in [5.74, 6) is -3.01. The Morgan fingerprint density at radius 3 is 2.23 bits per heavy atom. The van der Waals surface area contributed by atoms with Gasteiger partial charge in [0.15, 0.2) is 24.5 Å². The van der Waals surface area contributed by atoms with Gasteiger partial charge in [-0.25, -0.2) is 4.79 Å². The highest BCUT2D eigenvalue weighted by atomic mass is 16.7. The molecule has 0 spiro atoms. The van der Waals surface area contributed by atoms with Crippen LogP contribution in [0.25, 0.3) is 0 Å². The molecular formula is C38H60O15. The topological polar surface area (TPSA) is 187 Å². The fourth-order valence-corrected chi connectivity index (χ4v) is 7.47. The molecule has 4 aliphatic rings. The molecule has 15 nitrogen and oxygen atoms in total. The number of carbonyl (C=O) groups is 3. The van der Waals surface area contributed by atoms with Crippen molar-refractivity contribution in [2.75, 3.05) is 27.9 Å². The van der Waals surface area contributed by atoms with E-state index in [0.29, 0.717) is 6.42 Å². The Balaban J connectivity index is 1.58. The van der Waals surface area contributed by atoms with Gasteiger partial charge in [0.2, 0.25) is 0 Å². The van der Waals surface area contributed by atoms with E-state index in [9.17, 15) is 24.6 Å². The lowest BCUT2D eigenvalue weighted by molar-refractivity contribution is -0.305. The molecule has 2 N–H and O–H groups in total. The van der Waals surface area contributed by atoms with E-state index in [2.05, 4.69) is 0 Å². The second kappa shape index (κ2) is 19.0. The van der Waals surface area contributed by atoms with Crippen LogP contribution in [-0.2, 0) is 61.8 Å². The van der Waals surface area contributed by atoms with Crippen molar-refractivity contribution < 1.29 is 72.0 Å². The summed E-state index contributed by atoms with van der Waals surface area (Å²) in [6.07, 6.45) is -2.54. The quantitative estimate of drug-likeness (QED) is 0.244. The number of epoxide rings is 1. The molecule has 0 bridgehead atoms. The Hall–Kier alpha value is -2.31. The van der Waals surface area contributed by atoms with Crippen LogP contribution < -0.4 is 0 Å². The van der Waals surface area contributed by atoms with Gasteiger partial charge in [0.1, 0.15) is 42.2 Å². The normalized spacial score (nSPS) is 44.2. The molecule has 0 saturated carbocycles. The molecule has 17 atom stereocenters. The predicted octanol–water partition coefficient (Wildman–Crippen LogP) is 2.42. The molecule has 3 fully saturated rings. The summed E-state index contributed by atoms with van der Waals surface area (Å²) in [5.41, 5.74) is -1.78. The molecule has 53 heavy (non-hydrogen) atoms.